The molecule has 0 bridgehead atoms. The van der Waals surface area contributed by atoms with Gasteiger partial charge in [0.2, 0.25) is 0 Å². The Bertz CT molecular complexity index is 313. The highest BCUT2D eigenvalue weighted by Crippen LogP contribution is 2.19. The standard InChI is InChI=1S/C8H16N2O3S/c1-7(11)8-5-3-4-6-10(8)14(12,13)9-2/h8-9H,3-6H2,1-2H3. The highest BCUT2D eigenvalue weighted by Gasteiger charge is 2.33. The monoisotopic (exact) mass is 220 g/mol. The van der Waals surface area contributed by atoms with E-state index in [1.54, 1.807) is 0 Å². The molecule has 0 aliphatic carbocycles. The van der Waals surface area contributed by atoms with E-state index in [9.17, 15) is 13.2 Å². The molecule has 1 aliphatic heterocycles. The first-order chi connectivity index (χ1) is 6.49. The molecule has 0 radical (unpaired) electrons. The number of rotatable bonds is 3. The van der Waals surface area contributed by atoms with Gasteiger partial charge < -0.3 is 0 Å². The first kappa shape index (κ1) is 11.6. The van der Waals surface area contributed by atoms with E-state index in [0.717, 1.165) is 12.8 Å². The second kappa shape index (κ2) is 4.37. The highest BCUT2D eigenvalue weighted by molar-refractivity contribution is 7.87. The van der Waals surface area contributed by atoms with Crippen molar-refractivity contribution in [3.05, 3.63) is 0 Å². The normalized spacial score (nSPS) is 24.9. The van der Waals surface area contributed by atoms with E-state index in [-0.39, 0.29) is 5.78 Å². The minimum absolute atomic E-state index is 0.0801. The zero-order valence-electron chi connectivity index (χ0n) is 8.49. The average Bonchev–Trinajstić information content (AvgIpc) is 2.18. The van der Waals surface area contributed by atoms with E-state index < -0.39 is 16.3 Å². The Morgan fingerprint density at radius 3 is 2.57 bits per heavy atom. The van der Waals surface area contributed by atoms with Crippen LogP contribution in [0.15, 0.2) is 0 Å². The van der Waals surface area contributed by atoms with E-state index in [2.05, 4.69) is 4.72 Å². The van der Waals surface area contributed by atoms with Crippen molar-refractivity contribution in [1.82, 2.24) is 9.03 Å². The summed E-state index contributed by atoms with van der Waals surface area (Å²) in [6.45, 7) is 1.88. The Balaban J connectivity index is 2.88. The molecule has 1 saturated heterocycles. The van der Waals surface area contributed by atoms with Crippen molar-refractivity contribution in [3.63, 3.8) is 0 Å². The molecular formula is C8H16N2O3S. The van der Waals surface area contributed by atoms with E-state index in [1.807, 2.05) is 0 Å². The van der Waals surface area contributed by atoms with Crippen LogP contribution in [0.25, 0.3) is 0 Å². The molecule has 1 atom stereocenters. The maximum Gasteiger partial charge on any atom is 0.279 e. The molecule has 0 spiro atoms. The maximum absolute atomic E-state index is 11.5. The van der Waals surface area contributed by atoms with Crippen molar-refractivity contribution in [3.8, 4) is 0 Å². The average molecular weight is 220 g/mol. The summed E-state index contributed by atoms with van der Waals surface area (Å²) in [5.41, 5.74) is 0. The van der Waals surface area contributed by atoms with Crippen LogP contribution >= 0.6 is 0 Å². The number of Topliss-reactive ketones (excluding diaryl/α,β-unsaturated/α-hetero) is 1. The predicted molar refractivity (Wildman–Crippen MR) is 53.0 cm³/mol. The minimum atomic E-state index is -3.45. The SMILES string of the molecule is CNS(=O)(=O)N1CCCCC1C(C)=O. The van der Waals surface area contributed by atoms with E-state index in [4.69, 9.17) is 0 Å². The fourth-order valence-electron chi connectivity index (χ4n) is 1.72. The minimum Gasteiger partial charge on any atom is -0.298 e. The first-order valence-electron chi connectivity index (χ1n) is 4.70. The molecule has 1 aliphatic rings. The van der Waals surface area contributed by atoms with Crippen LogP contribution in [0.5, 0.6) is 0 Å². The summed E-state index contributed by atoms with van der Waals surface area (Å²) in [5, 5.41) is 0. The lowest BCUT2D eigenvalue weighted by Gasteiger charge is -2.32. The van der Waals surface area contributed by atoms with Gasteiger partial charge in [0, 0.05) is 13.6 Å². The molecule has 0 aromatic heterocycles. The molecule has 0 saturated carbocycles. The topological polar surface area (TPSA) is 66.5 Å². The zero-order valence-corrected chi connectivity index (χ0v) is 9.30. The van der Waals surface area contributed by atoms with Crippen molar-refractivity contribution >= 4 is 16.0 Å². The third kappa shape index (κ3) is 2.31. The van der Waals surface area contributed by atoms with Crippen molar-refractivity contribution in [2.24, 2.45) is 0 Å². The first-order valence-corrected chi connectivity index (χ1v) is 6.14. The number of carbonyl (C=O) groups excluding carboxylic acids is 1. The number of ketones is 1. The van der Waals surface area contributed by atoms with Gasteiger partial charge in [-0.3, -0.25) is 4.79 Å². The van der Waals surface area contributed by atoms with Gasteiger partial charge in [-0.25, -0.2) is 4.72 Å². The number of hydrogen-bond acceptors (Lipinski definition) is 3. The number of nitrogens with zero attached hydrogens (tertiary/aromatic N) is 1. The summed E-state index contributed by atoms with van der Waals surface area (Å²) in [6.07, 6.45) is 2.38. The van der Waals surface area contributed by atoms with Gasteiger partial charge in [-0.15, -0.1) is 0 Å². The fourth-order valence-corrected chi connectivity index (χ4v) is 2.91. The van der Waals surface area contributed by atoms with Gasteiger partial charge in [-0.1, -0.05) is 6.42 Å². The number of carbonyl (C=O) groups is 1. The number of hydrogen-bond donors (Lipinski definition) is 1. The molecule has 82 valence electrons. The van der Waals surface area contributed by atoms with Crippen LogP contribution in [-0.4, -0.2) is 38.1 Å². The summed E-state index contributed by atoms with van der Waals surface area (Å²) in [5.74, 6) is -0.0801. The lowest BCUT2D eigenvalue weighted by atomic mass is 10.0. The summed E-state index contributed by atoms with van der Waals surface area (Å²) < 4.78 is 26.6. The Morgan fingerprint density at radius 2 is 2.07 bits per heavy atom. The van der Waals surface area contributed by atoms with Crippen LogP contribution in [0.1, 0.15) is 26.2 Å². The Kier molecular flexibility index (Phi) is 3.63. The third-order valence-corrected chi connectivity index (χ3v) is 4.06. The second-order valence-electron chi connectivity index (χ2n) is 3.44. The molecule has 6 heteroatoms. The van der Waals surface area contributed by atoms with E-state index in [0.29, 0.717) is 13.0 Å². The molecule has 1 heterocycles. The van der Waals surface area contributed by atoms with Crippen molar-refractivity contribution in [2.45, 2.75) is 32.2 Å². The van der Waals surface area contributed by atoms with Crippen LogP contribution in [0.3, 0.4) is 0 Å². The fraction of sp³-hybridized carbons (Fsp3) is 0.875. The van der Waals surface area contributed by atoms with Crippen molar-refractivity contribution in [2.75, 3.05) is 13.6 Å². The van der Waals surface area contributed by atoms with E-state index in [1.165, 1.54) is 18.3 Å². The molecule has 1 unspecified atom stereocenters. The van der Waals surface area contributed by atoms with Crippen LogP contribution in [0.2, 0.25) is 0 Å². The molecule has 1 fully saturated rings. The summed E-state index contributed by atoms with van der Waals surface area (Å²) in [4.78, 5) is 11.2. The van der Waals surface area contributed by atoms with Gasteiger partial charge in [0.15, 0.2) is 0 Å². The summed E-state index contributed by atoms with van der Waals surface area (Å²) in [6, 6.07) is -0.471. The quantitative estimate of drug-likeness (QED) is 0.722. The van der Waals surface area contributed by atoms with Crippen LogP contribution in [0, 0.1) is 0 Å². The number of piperidine rings is 1. The van der Waals surface area contributed by atoms with Crippen LogP contribution < -0.4 is 4.72 Å². The Hall–Kier alpha value is -0.460. The van der Waals surface area contributed by atoms with Gasteiger partial charge in [-0.05, 0) is 19.8 Å². The maximum atomic E-state index is 11.5. The summed E-state index contributed by atoms with van der Waals surface area (Å²) in [7, 11) is -2.09. The Morgan fingerprint density at radius 1 is 1.43 bits per heavy atom. The van der Waals surface area contributed by atoms with Gasteiger partial charge in [-0.2, -0.15) is 12.7 Å². The van der Waals surface area contributed by atoms with Gasteiger partial charge >= 0.3 is 0 Å². The molecule has 1 rings (SSSR count). The molecular weight excluding hydrogens is 204 g/mol. The highest BCUT2D eigenvalue weighted by atomic mass is 32.2. The lowest BCUT2D eigenvalue weighted by Crippen LogP contribution is -2.50. The Labute approximate surface area is 84.7 Å². The molecule has 0 amide bonds. The van der Waals surface area contributed by atoms with Crippen LogP contribution in [0.4, 0.5) is 0 Å². The lowest BCUT2D eigenvalue weighted by molar-refractivity contribution is -0.121. The smallest absolute Gasteiger partial charge is 0.279 e. The predicted octanol–water partition coefficient (Wildman–Crippen LogP) is -0.106. The largest absolute Gasteiger partial charge is 0.298 e. The summed E-state index contributed by atoms with van der Waals surface area (Å²) >= 11 is 0. The zero-order chi connectivity index (χ0) is 10.8. The van der Waals surface area contributed by atoms with Gasteiger partial charge in [0.1, 0.15) is 5.78 Å². The molecule has 0 aromatic rings. The molecule has 1 N–H and O–H groups in total. The molecule has 5 nitrogen and oxygen atoms in total. The van der Waals surface area contributed by atoms with Crippen molar-refractivity contribution < 1.29 is 13.2 Å². The molecule has 0 aromatic carbocycles. The second-order valence-corrected chi connectivity index (χ2v) is 5.27. The number of nitrogens with one attached hydrogen (secondary N) is 1. The third-order valence-electron chi connectivity index (χ3n) is 2.49. The van der Waals surface area contributed by atoms with Gasteiger partial charge in [0.05, 0.1) is 6.04 Å². The molecule has 14 heavy (non-hydrogen) atoms. The van der Waals surface area contributed by atoms with Crippen LogP contribution in [-0.2, 0) is 15.0 Å². The van der Waals surface area contributed by atoms with E-state index >= 15 is 0 Å². The van der Waals surface area contributed by atoms with Crippen molar-refractivity contribution in [1.29, 1.82) is 0 Å². The van der Waals surface area contributed by atoms with Gasteiger partial charge in [0.25, 0.3) is 10.2 Å².